The highest BCUT2D eigenvalue weighted by atomic mass is 16.5. The molecule has 2 N–H and O–H groups in total. The summed E-state index contributed by atoms with van der Waals surface area (Å²) in [6.45, 7) is 8.79. The Morgan fingerprint density at radius 3 is 2.55 bits per heavy atom. The number of fused-ring (bicyclic) bond motifs is 1. The quantitative estimate of drug-likeness (QED) is 0.638. The molecule has 1 aromatic carbocycles. The second-order valence-electron chi connectivity index (χ2n) is 9.73. The number of hydrogen-bond donors (Lipinski definition) is 2. The van der Waals surface area contributed by atoms with Crippen molar-refractivity contribution < 1.29 is 14.3 Å². The third-order valence-electron chi connectivity index (χ3n) is 7.63. The van der Waals surface area contributed by atoms with Crippen LogP contribution in [0.15, 0.2) is 24.3 Å². The number of aromatic nitrogens is 1. The molecule has 1 aromatic heterocycles. The summed E-state index contributed by atoms with van der Waals surface area (Å²) >= 11 is 0. The molecular weight excluding hydrogens is 416 g/mol. The molecule has 0 aliphatic carbocycles. The first kappa shape index (κ1) is 23.6. The number of amides is 2. The van der Waals surface area contributed by atoms with E-state index in [0.29, 0.717) is 30.7 Å². The number of nitrogens with one attached hydrogen (secondary N) is 2. The van der Waals surface area contributed by atoms with E-state index >= 15 is 0 Å². The fraction of sp³-hybridized carbons (Fsp3) is 0.615. The van der Waals surface area contributed by atoms with E-state index in [1.54, 1.807) is 7.11 Å². The van der Waals surface area contributed by atoms with Gasteiger partial charge in [-0.05, 0) is 76.2 Å². The fourth-order valence-corrected chi connectivity index (χ4v) is 5.27. The second kappa shape index (κ2) is 10.6. The number of piperidine rings is 1. The number of carbonyl (C=O) groups is 2. The normalized spacial score (nSPS) is 19.5. The molecule has 2 atom stereocenters. The van der Waals surface area contributed by atoms with Gasteiger partial charge in [0, 0.05) is 48.6 Å². The van der Waals surface area contributed by atoms with E-state index in [0.717, 1.165) is 42.5 Å². The SMILES string of the molecule is COc1ccc2cc(C(=O)N3CCC([C@@H](C)C(=O)NCC[C@H](C)N4CCCC4)CC3)[nH]c2c1. The molecule has 2 aliphatic rings. The van der Waals surface area contributed by atoms with E-state index in [1.807, 2.05) is 36.1 Å². The monoisotopic (exact) mass is 454 g/mol. The maximum atomic E-state index is 13.0. The number of hydrogen-bond acceptors (Lipinski definition) is 4. The van der Waals surface area contributed by atoms with Crippen LogP contribution in [-0.2, 0) is 4.79 Å². The Hall–Kier alpha value is -2.54. The van der Waals surface area contributed by atoms with E-state index in [-0.39, 0.29) is 17.7 Å². The van der Waals surface area contributed by atoms with E-state index in [2.05, 4.69) is 22.1 Å². The summed E-state index contributed by atoms with van der Waals surface area (Å²) in [5.74, 6) is 1.23. The molecule has 180 valence electrons. The number of benzene rings is 1. The topological polar surface area (TPSA) is 77.7 Å². The molecule has 7 heteroatoms. The van der Waals surface area contributed by atoms with Crippen LogP contribution in [0.1, 0.15) is 56.4 Å². The molecule has 2 amide bonds. The number of rotatable bonds is 8. The Morgan fingerprint density at radius 1 is 1.12 bits per heavy atom. The Labute approximate surface area is 196 Å². The molecular formula is C26H38N4O3. The first-order valence-electron chi connectivity index (χ1n) is 12.4. The molecule has 2 fully saturated rings. The fourth-order valence-electron chi connectivity index (χ4n) is 5.27. The van der Waals surface area contributed by atoms with Crippen LogP contribution in [0, 0.1) is 11.8 Å². The molecule has 4 rings (SSSR count). The number of H-pyrrole nitrogens is 1. The molecule has 0 spiro atoms. The van der Waals surface area contributed by atoms with E-state index < -0.39 is 0 Å². The lowest BCUT2D eigenvalue weighted by Gasteiger charge is -2.34. The lowest BCUT2D eigenvalue weighted by molar-refractivity contribution is -0.126. The van der Waals surface area contributed by atoms with Crippen molar-refractivity contribution >= 4 is 22.7 Å². The minimum absolute atomic E-state index is 0.0233. The minimum Gasteiger partial charge on any atom is -0.497 e. The summed E-state index contributed by atoms with van der Waals surface area (Å²) in [7, 11) is 1.64. The number of aromatic amines is 1. The number of nitrogens with zero attached hydrogens (tertiary/aromatic N) is 2. The maximum absolute atomic E-state index is 13.0. The Kier molecular flexibility index (Phi) is 7.58. The van der Waals surface area contributed by atoms with Crippen LogP contribution in [0.25, 0.3) is 10.9 Å². The summed E-state index contributed by atoms with van der Waals surface area (Å²) < 4.78 is 5.27. The number of ether oxygens (including phenoxy) is 1. The van der Waals surface area contributed by atoms with E-state index in [4.69, 9.17) is 4.74 Å². The van der Waals surface area contributed by atoms with Crippen LogP contribution in [0.2, 0.25) is 0 Å². The van der Waals surface area contributed by atoms with Gasteiger partial charge in [-0.2, -0.15) is 0 Å². The molecule has 33 heavy (non-hydrogen) atoms. The van der Waals surface area contributed by atoms with Crippen LogP contribution >= 0.6 is 0 Å². The molecule has 0 radical (unpaired) electrons. The zero-order chi connectivity index (χ0) is 23.4. The van der Waals surface area contributed by atoms with Crippen molar-refractivity contribution in [3.63, 3.8) is 0 Å². The Bertz CT molecular complexity index is 958. The van der Waals surface area contributed by atoms with Crippen molar-refractivity contribution in [3.8, 4) is 5.75 Å². The van der Waals surface area contributed by atoms with Crippen molar-refractivity contribution in [3.05, 3.63) is 30.0 Å². The van der Waals surface area contributed by atoms with Gasteiger partial charge in [0.2, 0.25) is 5.91 Å². The van der Waals surface area contributed by atoms with Crippen molar-refractivity contribution in [2.75, 3.05) is 39.8 Å². The molecule has 0 saturated carbocycles. The summed E-state index contributed by atoms with van der Waals surface area (Å²) in [5, 5.41) is 4.16. The van der Waals surface area contributed by atoms with Gasteiger partial charge >= 0.3 is 0 Å². The average molecular weight is 455 g/mol. The highest BCUT2D eigenvalue weighted by Crippen LogP contribution is 2.27. The Balaban J connectivity index is 1.23. The molecule has 0 unspecified atom stereocenters. The predicted molar refractivity (Wildman–Crippen MR) is 131 cm³/mol. The summed E-state index contributed by atoms with van der Waals surface area (Å²) in [6, 6.07) is 8.20. The van der Waals surface area contributed by atoms with Crippen LogP contribution in [-0.4, -0.2) is 72.5 Å². The van der Waals surface area contributed by atoms with Crippen LogP contribution in [0.5, 0.6) is 5.75 Å². The highest BCUT2D eigenvalue weighted by Gasteiger charge is 2.30. The lowest BCUT2D eigenvalue weighted by atomic mass is 9.84. The van der Waals surface area contributed by atoms with Gasteiger partial charge < -0.3 is 24.8 Å². The summed E-state index contributed by atoms with van der Waals surface area (Å²) in [4.78, 5) is 33.4. The van der Waals surface area contributed by atoms with Gasteiger partial charge in [0.1, 0.15) is 11.4 Å². The lowest BCUT2D eigenvalue weighted by Crippen LogP contribution is -2.43. The zero-order valence-corrected chi connectivity index (χ0v) is 20.2. The second-order valence-corrected chi connectivity index (χ2v) is 9.73. The van der Waals surface area contributed by atoms with E-state index in [1.165, 1.54) is 25.9 Å². The molecule has 2 saturated heterocycles. The van der Waals surface area contributed by atoms with Crippen LogP contribution < -0.4 is 10.1 Å². The molecule has 2 aliphatic heterocycles. The van der Waals surface area contributed by atoms with E-state index in [9.17, 15) is 9.59 Å². The molecule has 0 bridgehead atoms. The summed E-state index contributed by atoms with van der Waals surface area (Å²) in [5.41, 5.74) is 1.51. The third-order valence-corrected chi connectivity index (χ3v) is 7.63. The smallest absolute Gasteiger partial charge is 0.270 e. The van der Waals surface area contributed by atoms with Gasteiger partial charge in [-0.3, -0.25) is 9.59 Å². The standard InChI is InChI=1S/C26H38N4O3/c1-18(29-12-4-5-13-29)8-11-27-25(31)19(2)20-9-14-30(15-10-20)26(32)24-16-21-6-7-22(33-3)17-23(21)28-24/h6-7,16-20,28H,4-5,8-15H2,1-3H3,(H,27,31)/t18-,19+/m0/s1. The zero-order valence-electron chi connectivity index (χ0n) is 20.2. The van der Waals surface area contributed by atoms with Crippen LogP contribution in [0.4, 0.5) is 0 Å². The van der Waals surface area contributed by atoms with Crippen molar-refractivity contribution in [2.45, 2.75) is 52.0 Å². The average Bonchev–Trinajstić information content (AvgIpc) is 3.52. The number of carbonyl (C=O) groups excluding carboxylic acids is 2. The van der Waals surface area contributed by atoms with Gasteiger partial charge in [-0.25, -0.2) is 0 Å². The van der Waals surface area contributed by atoms with Crippen molar-refractivity contribution in [1.29, 1.82) is 0 Å². The largest absolute Gasteiger partial charge is 0.497 e. The van der Waals surface area contributed by atoms with Gasteiger partial charge in [0.05, 0.1) is 7.11 Å². The summed E-state index contributed by atoms with van der Waals surface area (Å²) in [6.07, 6.45) is 5.31. The predicted octanol–water partition coefficient (Wildman–Crippen LogP) is 3.66. The highest BCUT2D eigenvalue weighted by molar-refractivity contribution is 5.98. The van der Waals surface area contributed by atoms with Crippen molar-refractivity contribution in [2.24, 2.45) is 11.8 Å². The van der Waals surface area contributed by atoms with Gasteiger partial charge in [-0.1, -0.05) is 6.92 Å². The Morgan fingerprint density at radius 2 is 1.85 bits per heavy atom. The van der Waals surface area contributed by atoms with Gasteiger partial charge in [-0.15, -0.1) is 0 Å². The third kappa shape index (κ3) is 5.52. The first-order chi connectivity index (χ1) is 16.0. The number of methoxy groups -OCH3 is 1. The van der Waals surface area contributed by atoms with Crippen molar-refractivity contribution in [1.82, 2.24) is 20.1 Å². The molecule has 2 aromatic rings. The first-order valence-corrected chi connectivity index (χ1v) is 12.4. The molecule has 7 nitrogen and oxygen atoms in total. The van der Waals surface area contributed by atoms with Gasteiger partial charge in [0.25, 0.3) is 5.91 Å². The maximum Gasteiger partial charge on any atom is 0.270 e. The van der Waals surface area contributed by atoms with Crippen LogP contribution in [0.3, 0.4) is 0 Å². The minimum atomic E-state index is -0.0233. The number of likely N-dealkylation sites (tertiary alicyclic amines) is 2. The molecule has 3 heterocycles. The van der Waals surface area contributed by atoms with Gasteiger partial charge in [0.15, 0.2) is 0 Å².